The van der Waals surface area contributed by atoms with Gasteiger partial charge in [0.25, 0.3) is 5.95 Å². The fourth-order valence-electron chi connectivity index (χ4n) is 2.11. The summed E-state index contributed by atoms with van der Waals surface area (Å²) in [6.45, 7) is -0.537. The van der Waals surface area contributed by atoms with E-state index in [1.165, 1.54) is 6.21 Å². The van der Waals surface area contributed by atoms with Crippen molar-refractivity contribution in [3.8, 4) is 17.0 Å². The minimum atomic E-state index is -1.30. The van der Waals surface area contributed by atoms with Gasteiger partial charge in [0.1, 0.15) is 12.4 Å². The summed E-state index contributed by atoms with van der Waals surface area (Å²) in [5.74, 6) is -0.692. The van der Waals surface area contributed by atoms with Crippen molar-refractivity contribution in [3.63, 3.8) is 0 Å². The summed E-state index contributed by atoms with van der Waals surface area (Å²) in [5.41, 5.74) is 4.86. The molecule has 0 aliphatic rings. The Hall–Kier alpha value is -3.81. The Kier molecular flexibility index (Phi) is 5.46. The fraction of sp³-hybridized carbons (Fsp3) is 0.0556. The first kappa shape index (κ1) is 17.0. The van der Waals surface area contributed by atoms with Gasteiger partial charge in [-0.05, 0) is 12.1 Å². The lowest BCUT2D eigenvalue weighted by molar-refractivity contribution is -0.307. The summed E-state index contributed by atoms with van der Waals surface area (Å²) >= 11 is 0. The highest BCUT2D eigenvalue weighted by molar-refractivity contribution is 5.84. The molecule has 8 heteroatoms. The molecule has 3 aromatic rings. The summed E-state index contributed by atoms with van der Waals surface area (Å²) in [4.78, 5) is 14.9. The van der Waals surface area contributed by atoms with Crippen LogP contribution in [0.1, 0.15) is 5.56 Å². The van der Waals surface area contributed by atoms with E-state index < -0.39 is 12.6 Å². The number of hydrogen-bond donors (Lipinski definition) is 1. The van der Waals surface area contributed by atoms with E-state index in [1.54, 1.807) is 30.5 Å². The number of anilines is 1. The molecule has 3 rings (SSSR count). The molecule has 26 heavy (non-hydrogen) atoms. The van der Waals surface area contributed by atoms with Crippen LogP contribution in [0.3, 0.4) is 0 Å². The van der Waals surface area contributed by atoms with Gasteiger partial charge in [-0.25, -0.2) is 10.4 Å². The van der Waals surface area contributed by atoms with Crippen molar-refractivity contribution >= 4 is 18.1 Å². The Morgan fingerprint density at radius 2 is 1.92 bits per heavy atom. The van der Waals surface area contributed by atoms with Gasteiger partial charge in [-0.1, -0.05) is 42.5 Å². The molecule has 130 valence electrons. The number of hydrogen-bond acceptors (Lipinski definition) is 8. The van der Waals surface area contributed by atoms with E-state index in [4.69, 9.17) is 4.74 Å². The van der Waals surface area contributed by atoms with Crippen molar-refractivity contribution in [2.75, 3.05) is 12.0 Å². The van der Waals surface area contributed by atoms with Gasteiger partial charge in [0, 0.05) is 11.1 Å². The maximum absolute atomic E-state index is 10.5. The van der Waals surface area contributed by atoms with Crippen LogP contribution < -0.4 is 15.3 Å². The van der Waals surface area contributed by atoms with E-state index >= 15 is 0 Å². The molecular weight excluding hydrogens is 334 g/mol. The first-order chi connectivity index (χ1) is 12.7. The zero-order valence-corrected chi connectivity index (χ0v) is 13.6. The van der Waals surface area contributed by atoms with Gasteiger partial charge < -0.3 is 14.6 Å². The number of nitrogens with zero attached hydrogens (tertiary/aromatic N) is 4. The molecule has 0 spiro atoms. The van der Waals surface area contributed by atoms with E-state index in [0.717, 1.165) is 5.56 Å². The monoisotopic (exact) mass is 348 g/mol. The van der Waals surface area contributed by atoms with E-state index in [0.29, 0.717) is 17.0 Å². The molecule has 0 amide bonds. The van der Waals surface area contributed by atoms with Crippen molar-refractivity contribution in [2.24, 2.45) is 5.10 Å². The number of para-hydroxylation sites is 1. The molecule has 0 unspecified atom stereocenters. The number of carbonyl (C=O) groups is 1. The smallest absolute Gasteiger partial charge is 0.263 e. The molecule has 0 saturated carbocycles. The molecule has 0 fully saturated rings. The van der Waals surface area contributed by atoms with Gasteiger partial charge in [0.2, 0.25) is 0 Å². The fourth-order valence-corrected chi connectivity index (χ4v) is 2.11. The van der Waals surface area contributed by atoms with Crippen molar-refractivity contribution < 1.29 is 14.6 Å². The average molecular weight is 348 g/mol. The number of carboxylic acids is 1. The number of rotatable bonds is 7. The number of nitrogens with one attached hydrogen (secondary N) is 1. The third kappa shape index (κ3) is 4.60. The number of hydrazone groups is 1. The maximum atomic E-state index is 10.5. The lowest BCUT2D eigenvalue weighted by atomic mass is 10.2. The molecule has 0 aliphatic heterocycles. The molecule has 1 aromatic heterocycles. The quantitative estimate of drug-likeness (QED) is 0.503. The van der Waals surface area contributed by atoms with E-state index in [2.05, 4.69) is 25.7 Å². The molecule has 8 nitrogen and oxygen atoms in total. The Balaban J connectivity index is 1.71. The van der Waals surface area contributed by atoms with Crippen molar-refractivity contribution in [1.82, 2.24) is 15.2 Å². The van der Waals surface area contributed by atoms with Gasteiger partial charge in [-0.2, -0.15) is 10.2 Å². The van der Waals surface area contributed by atoms with Gasteiger partial charge in [0.15, 0.2) is 0 Å². The maximum Gasteiger partial charge on any atom is 0.263 e. The lowest BCUT2D eigenvalue weighted by Crippen LogP contribution is -2.29. The van der Waals surface area contributed by atoms with Crippen molar-refractivity contribution in [1.29, 1.82) is 0 Å². The topological polar surface area (TPSA) is 112 Å². The first-order valence-corrected chi connectivity index (χ1v) is 7.68. The molecule has 2 aromatic carbocycles. The van der Waals surface area contributed by atoms with E-state index in [-0.39, 0.29) is 5.95 Å². The van der Waals surface area contributed by atoms with Gasteiger partial charge in [-0.3, -0.25) is 0 Å². The number of benzene rings is 2. The highest BCUT2D eigenvalue weighted by atomic mass is 16.5. The highest BCUT2D eigenvalue weighted by Gasteiger charge is 2.03. The predicted octanol–water partition coefficient (Wildman–Crippen LogP) is 1.11. The molecule has 1 N–H and O–H groups in total. The normalized spacial score (nSPS) is 10.6. The van der Waals surface area contributed by atoms with Crippen LogP contribution >= 0.6 is 0 Å². The second-order valence-electron chi connectivity index (χ2n) is 5.10. The van der Waals surface area contributed by atoms with E-state index in [9.17, 15) is 9.90 Å². The minimum Gasteiger partial charge on any atom is -0.546 e. The summed E-state index contributed by atoms with van der Waals surface area (Å²) in [7, 11) is 0. The predicted molar refractivity (Wildman–Crippen MR) is 93.4 cm³/mol. The van der Waals surface area contributed by atoms with Crippen molar-refractivity contribution in [2.45, 2.75) is 0 Å². The number of aliphatic carboxylic acids is 1. The number of aromatic nitrogens is 3. The van der Waals surface area contributed by atoms with Crippen LogP contribution in [0.25, 0.3) is 11.3 Å². The number of carbonyl (C=O) groups excluding carboxylic acids is 1. The molecule has 0 bridgehead atoms. The standard InChI is InChI=1S/C18H15N5O3/c24-17(25)12-26-16-9-5-4-8-14(16)10-19-22-18-21-15(11-20-23-18)13-6-2-1-3-7-13/h1-11H,12H2,(H,24,25)(H,21,22,23)/p-1/b19-10-. The van der Waals surface area contributed by atoms with E-state index in [1.807, 2.05) is 30.3 Å². The van der Waals surface area contributed by atoms with Crippen LogP contribution in [-0.4, -0.2) is 34.0 Å². The summed E-state index contributed by atoms with van der Waals surface area (Å²) < 4.78 is 5.15. The summed E-state index contributed by atoms with van der Waals surface area (Å²) in [5, 5.41) is 22.4. The molecular formula is C18H14N5O3-. The van der Waals surface area contributed by atoms with Crippen LogP contribution in [0.2, 0.25) is 0 Å². The van der Waals surface area contributed by atoms with Crippen LogP contribution in [0.4, 0.5) is 5.95 Å². The van der Waals surface area contributed by atoms with Crippen LogP contribution in [0.15, 0.2) is 65.9 Å². The Bertz CT molecular complexity index is 915. The van der Waals surface area contributed by atoms with Gasteiger partial charge in [0.05, 0.1) is 24.1 Å². The molecule has 0 aliphatic carbocycles. The first-order valence-electron chi connectivity index (χ1n) is 7.68. The lowest BCUT2D eigenvalue weighted by Gasteiger charge is -2.09. The second-order valence-corrected chi connectivity index (χ2v) is 5.10. The Morgan fingerprint density at radius 1 is 1.15 bits per heavy atom. The van der Waals surface area contributed by atoms with Crippen LogP contribution in [0, 0.1) is 0 Å². The highest BCUT2D eigenvalue weighted by Crippen LogP contribution is 2.17. The molecule has 0 saturated heterocycles. The van der Waals surface area contributed by atoms with Crippen LogP contribution in [0.5, 0.6) is 5.75 Å². The largest absolute Gasteiger partial charge is 0.546 e. The SMILES string of the molecule is O=C([O-])COc1ccccc1/C=N\Nc1nncc(-c2ccccc2)n1. The van der Waals surface area contributed by atoms with Gasteiger partial charge in [-0.15, -0.1) is 5.10 Å². The average Bonchev–Trinajstić information content (AvgIpc) is 2.68. The third-order valence-corrected chi connectivity index (χ3v) is 3.26. The Labute approximate surface area is 149 Å². The Morgan fingerprint density at radius 3 is 2.73 bits per heavy atom. The zero-order chi connectivity index (χ0) is 18.2. The molecule has 1 heterocycles. The molecule has 0 radical (unpaired) electrons. The minimum absolute atomic E-state index is 0.232. The summed E-state index contributed by atoms with van der Waals surface area (Å²) in [6.07, 6.45) is 3.04. The summed E-state index contributed by atoms with van der Waals surface area (Å²) in [6, 6.07) is 16.4. The van der Waals surface area contributed by atoms with Crippen molar-refractivity contribution in [3.05, 3.63) is 66.4 Å². The van der Waals surface area contributed by atoms with Gasteiger partial charge >= 0.3 is 0 Å². The number of ether oxygens (including phenoxy) is 1. The second kappa shape index (κ2) is 8.34. The van der Waals surface area contributed by atoms with Crippen LogP contribution in [-0.2, 0) is 4.79 Å². The number of carboxylic acid groups (broad SMARTS) is 1. The zero-order valence-electron chi connectivity index (χ0n) is 13.6. The molecule has 0 atom stereocenters. The third-order valence-electron chi connectivity index (χ3n) is 3.26.